The van der Waals surface area contributed by atoms with Gasteiger partial charge in [-0.3, -0.25) is 4.79 Å². The highest BCUT2D eigenvalue weighted by atomic mass is 16.6. The number of nitrogens with one attached hydrogen (secondary N) is 1. The van der Waals surface area contributed by atoms with Gasteiger partial charge in [0.1, 0.15) is 29.0 Å². The SMILES string of the molecule is CC[C@@H](NCc1ccnc2c1C(C(=O)OC)=C[N+]2(C(=O)O)C(C)(C)C)C(=O)OC(C)(C)C. The maximum Gasteiger partial charge on any atom is 0.525 e. The van der Waals surface area contributed by atoms with E-state index in [4.69, 9.17) is 9.47 Å². The van der Waals surface area contributed by atoms with E-state index in [9.17, 15) is 19.5 Å². The normalized spacial score (nSPS) is 19.1. The van der Waals surface area contributed by atoms with Gasteiger partial charge in [0.15, 0.2) is 0 Å². The van der Waals surface area contributed by atoms with E-state index in [0.29, 0.717) is 17.5 Å². The largest absolute Gasteiger partial charge is 0.525 e. The molecule has 2 rings (SSSR count). The Morgan fingerprint density at radius 2 is 1.81 bits per heavy atom. The van der Waals surface area contributed by atoms with Gasteiger partial charge in [-0.25, -0.2) is 9.78 Å². The van der Waals surface area contributed by atoms with E-state index in [1.165, 1.54) is 19.5 Å². The second-order valence-corrected chi connectivity index (χ2v) is 9.75. The molecule has 0 radical (unpaired) electrons. The smallest absolute Gasteiger partial charge is 0.465 e. The maximum absolute atomic E-state index is 12.6. The van der Waals surface area contributed by atoms with Crippen LogP contribution in [0.1, 0.15) is 66.0 Å². The van der Waals surface area contributed by atoms with Crippen molar-refractivity contribution in [2.45, 2.75) is 78.6 Å². The number of carbonyl (C=O) groups is 3. The van der Waals surface area contributed by atoms with Crippen molar-refractivity contribution < 1.29 is 29.0 Å². The Hall–Kier alpha value is -2.78. The number of rotatable bonds is 6. The zero-order chi connectivity index (χ0) is 24.5. The Morgan fingerprint density at radius 1 is 1.19 bits per heavy atom. The molecule has 1 aliphatic heterocycles. The number of esters is 2. The number of carbonyl (C=O) groups excluding carboxylic acids is 2. The van der Waals surface area contributed by atoms with Crippen molar-refractivity contribution in [3.63, 3.8) is 0 Å². The zero-order valence-corrected chi connectivity index (χ0v) is 20.1. The summed E-state index contributed by atoms with van der Waals surface area (Å²) in [6.45, 7) is 12.8. The lowest BCUT2D eigenvalue weighted by Gasteiger charge is -2.37. The topological polar surface area (TPSA) is 115 Å². The molecule has 2 N–H and O–H groups in total. The highest BCUT2D eigenvalue weighted by Gasteiger charge is 2.57. The fraction of sp³-hybridized carbons (Fsp3) is 0.565. The number of hydrogen-bond donors (Lipinski definition) is 2. The number of ether oxygens (including phenoxy) is 2. The van der Waals surface area contributed by atoms with Crippen LogP contribution in [0.2, 0.25) is 0 Å². The highest BCUT2D eigenvalue weighted by molar-refractivity contribution is 6.21. The quantitative estimate of drug-likeness (QED) is 0.501. The first kappa shape index (κ1) is 25.5. The molecule has 0 aliphatic carbocycles. The van der Waals surface area contributed by atoms with Gasteiger partial charge in [0.05, 0.1) is 12.7 Å². The summed E-state index contributed by atoms with van der Waals surface area (Å²) in [7, 11) is 1.25. The van der Waals surface area contributed by atoms with Crippen molar-refractivity contribution in [2.24, 2.45) is 0 Å². The molecular weight excluding hydrogens is 414 g/mol. The van der Waals surface area contributed by atoms with Gasteiger partial charge in [0, 0.05) is 12.7 Å². The van der Waals surface area contributed by atoms with E-state index in [1.807, 2.05) is 6.92 Å². The Labute approximate surface area is 189 Å². The Morgan fingerprint density at radius 3 is 2.28 bits per heavy atom. The van der Waals surface area contributed by atoms with E-state index in [0.717, 1.165) is 0 Å². The lowest BCUT2D eigenvalue weighted by atomic mass is 10.0. The summed E-state index contributed by atoms with van der Waals surface area (Å²) in [6, 6.07) is 1.14. The fourth-order valence-corrected chi connectivity index (χ4v) is 3.73. The molecule has 0 saturated carbocycles. The van der Waals surface area contributed by atoms with Crippen LogP contribution in [0, 0.1) is 0 Å². The summed E-state index contributed by atoms with van der Waals surface area (Å²) in [5.41, 5.74) is -0.272. The standard InChI is InChI=1S/C23H33N3O6/c1-9-16(20(28)32-23(5,6)7)25-12-14-10-11-24-18-17(14)15(19(27)31-8)13-26(18,21(29)30)22(2,3)4/h10-11,13,16,25H,9,12H2,1-8H3/p+1/t16-,26?/m1/s1. The van der Waals surface area contributed by atoms with Crippen molar-refractivity contribution in [3.05, 3.63) is 29.6 Å². The van der Waals surface area contributed by atoms with Crippen LogP contribution in [0.25, 0.3) is 5.57 Å². The summed E-state index contributed by atoms with van der Waals surface area (Å²) in [5.74, 6) is -0.792. The molecule has 0 bridgehead atoms. The summed E-state index contributed by atoms with van der Waals surface area (Å²) >= 11 is 0. The second kappa shape index (κ2) is 8.99. The van der Waals surface area contributed by atoms with Crippen LogP contribution < -0.4 is 9.80 Å². The highest BCUT2D eigenvalue weighted by Crippen LogP contribution is 2.46. The lowest BCUT2D eigenvalue weighted by Crippen LogP contribution is -2.60. The van der Waals surface area contributed by atoms with Gasteiger partial charge in [-0.1, -0.05) is 6.92 Å². The van der Waals surface area contributed by atoms with Gasteiger partial charge >= 0.3 is 18.0 Å². The predicted octanol–water partition coefficient (Wildman–Crippen LogP) is 3.60. The van der Waals surface area contributed by atoms with Gasteiger partial charge in [-0.15, -0.1) is 4.48 Å². The first-order valence-electron chi connectivity index (χ1n) is 10.6. The molecule has 1 aliphatic rings. The van der Waals surface area contributed by atoms with E-state index < -0.39 is 33.7 Å². The van der Waals surface area contributed by atoms with Crippen molar-refractivity contribution in [1.82, 2.24) is 14.8 Å². The number of hydrogen-bond acceptors (Lipinski definition) is 7. The van der Waals surface area contributed by atoms with Gasteiger partial charge in [0.2, 0.25) is 0 Å². The number of pyridine rings is 1. The molecule has 0 fully saturated rings. The Balaban J connectivity index is 2.53. The summed E-state index contributed by atoms with van der Waals surface area (Å²) in [4.78, 5) is 42.0. The molecule has 2 atom stereocenters. The number of amides is 1. The third-order valence-electron chi connectivity index (χ3n) is 5.35. The predicted molar refractivity (Wildman–Crippen MR) is 121 cm³/mol. The summed E-state index contributed by atoms with van der Waals surface area (Å²) < 4.78 is 9.77. The lowest BCUT2D eigenvalue weighted by molar-refractivity contribution is -0.157. The van der Waals surface area contributed by atoms with Crippen molar-refractivity contribution in [2.75, 3.05) is 7.11 Å². The summed E-state index contributed by atoms with van der Waals surface area (Å²) in [5, 5.41) is 13.4. The fourth-order valence-electron chi connectivity index (χ4n) is 3.73. The number of quaternary nitrogens is 1. The van der Waals surface area contributed by atoms with Gasteiger partial charge in [-0.2, -0.15) is 4.79 Å². The van der Waals surface area contributed by atoms with E-state index in [-0.39, 0.29) is 23.9 Å². The average Bonchev–Trinajstić information content (AvgIpc) is 3.04. The van der Waals surface area contributed by atoms with Crippen molar-refractivity contribution in [1.29, 1.82) is 0 Å². The van der Waals surface area contributed by atoms with Crippen LogP contribution in [0.4, 0.5) is 10.6 Å². The molecule has 1 amide bonds. The maximum atomic E-state index is 12.6. The van der Waals surface area contributed by atoms with Crippen LogP contribution in [-0.2, 0) is 25.6 Å². The number of nitrogens with zero attached hydrogens (tertiary/aromatic N) is 2. The Kier molecular flexibility index (Phi) is 7.16. The molecule has 1 aromatic heterocycles. The van der Waals surface area contributed by atoms with Crippen molar-refractivity contribution in [3.8, 4) is 0 Å². The minimum Gasteiger partial charge on any atom is -0.465 e. The molecular formula is C23H34N3O6+. The number of carboxylic acid groups (broad SMARTS) is 1. The molecule has 1 aromatic rings. The monoisotopic (exact) mass is 448 g/mol. The van der Waals surface area contributed by atoms with Crippen LogP contribution >= 0.6 is 0 Å². The molecule has 9 heteroatoms. The van der Waals surface area contributed by atoms with Crippen molar-refractivity contribution >= 4 is 29.4 Å². The van der Waals surface area contributed by atoms with E-state index in [1.54, 1.807) is 47.6 Å². The molecule has 0 saturated heterocycles. The number of methoxy groups -OCH3 is 1. The molecule has 0 spiro atoms. The molecule has 0 aromatic carbocycles. The zero-order valence-electron chi connectivity index (χ0n) is 20.1. The van der Waals surface area contributed by atoms with Crippen LogP contribution in [0.5, 0.6) is 0 Å². The average molecular weight is 449 g/mol. The molecule has 9 nitrogen and oxygen atoms in total. The first-order chi connectivity index (χ1) is 14.7. The van der Waals surface area contributed by atoms with Gasteiger partial charge < -0.3 is 19.9 Å². The third kappa shape index (κ3) is 4.68. The molecule has 176 valence electrons. The minimum atomic E-state index is -1.16. The van der Waals surface area contributed by atoms with Gasteiger partial charge in [-0.05, 0) is 59.6 Å². The third-order valence-corrected chi connectivity index (χ3v) is 5.35. The van der Waals surface area contributed by atoms with Crippen LogP contribution in [0.15, 0.2) is 18.5 Å². The minimum absolute atomic E-state index is 0.134. The Bertz CT molecular complexity index is 942. The molecule has 32 heavy (non-hydrogen) atoms. The number of fused-ring (bicyclic) bond motifs is 1. The van der Waals surface area contributed by atoms with Crippen LogP contribution in [0.3, 0.4) is 0 Å². The second-order valence-electron chi connectivity index (χ2n) is 9.75. The van der Waals surface area contributed by atoms with Gasteiger partial charge in [0.25, 0.3) is 5.82 Å². The summed E-state index contributed by atoms with van der Waals surface area (Å²) in [6.07, 6.45) is 2.25. The first-order valence-corrected chi connectivity index (χ1v) is 10.6. The van der Waals surface area contributed by atoms with Crippen LogP contribution in [-0.4, -0.2) is 52.4 Å². The molecule has 2 heterocycles. The van der Waals surface area contributed by atoms with E-state index >= 15 is 0 Å². The van der Waals surface area contributed by atoms with E-state index in [2.05, 4.69) is 10.3 Å². The number of aromatic nitrogens is 1. The molecule has 1 unspecified atom stereocenters.